The monoisotopic (exact) mass is 407 g/mol. The minimum atomic E-state index is -0.406. The Morgan fingerprint density at radius 1 is 1.07 bits per heavy atom. The molecule has 1 unspecified atom stereocenters. The van der Waals surface area contributed by atoms with Crippen LogP contribution in [-0.2, 0) is 11.3 Å². The quantitative estimate of drug-likeness (QED) is 0.818. The highest BCUT2D eigenvalue weighted by atomic mass is 16.2. The van der Waals surface area contributed by atoms with Crippen molar-refractivity contribution in [3.8, 4) is 0 Å². The minimum absolute atomic E-state index is 0.0745. The number of hydrogen-bond acceptors (Lipinski definition) is 5. The van der Waals surface area contributed by atoms with Gasteiger partial charge in [-0.3, -0.25) is 9.59 Å². The van der Waals surface area contributed by atoms with E-state index in [-0.39, 0.29) is 11.8 Å². The van der Waals surface area contributed by atoms with Crippen molar-refractivity contribution in [2.75, 3.05) is 44.7 Å². The Kier molecular flexibility index (Phi) is 6.28. The lowest BCUT2D eigenvalue weighted by molar-refractivity contribution is -0.125. The number of nitrogens with zero attached hydrogens (tertiary/aromatic N) is 4. The van der Waals surface area contributed by atoms with E-state index in [4.69, 9.17) is 0 Å². The molecule has 2 saturated heterocycles. The molecule has 0 saturated carbocycles. The highest BCUT2D eigenvalue weighted by molar-refractivity contribution is 5.97. The number of piperazine rings is 1. The Morgan fingerprint density at radius 3 is 2.60 bits per heavy atom. The van der Waals surface area contributed by atoms with E-state index in [0.717, 1.165) is 44.0 Å². The molecule has 3 heterocycles. The summed E-state index contributed by atoms with van der Waals surface area (Å²) >= 11 is 0. The number of hydrogen-bond donors (Lipinski definition) is 1. The molecule has 0 bridgehead atoms. The number of nitrogens with one attached hydrogen (secondary N) is 1. The van der Waals surface area contributed by atoms with Crippen LogP contribution >= 0.6 is 0 Å². The van der Waals surface area contributed by atoms with Crippen LogP contribution in [0.1, 0.15) is 28.8 Å². The zero-order valence-corrected chi connectivity index (χ0v) is 17.5. The van der Waals surface area contributed by atoms with Crippen molar-refractivity contribution in [1.29, 1.82) is 0 Å². The molecule has 2 aliphatic rings. The topological polar surface area (TPSA) is 68.8 Å². The smallest absolute Gasteiger partial charge is 0.254 e. The van der Waals surface area contributed by atoms with E-state index < -0.39 is 6.04 Å². The fourth-order valence-electron chi connectivity index (χ4n) is 4.11. The fourth-order valence-corrected chi connectivity index (χ4v) is 4.11. The van der Waals surface area contributed by atoms with Gasteiger partial charge in [-0.2, -0.15) is 0 Å². The van der Waals surface area contributed by atoms with Crippen molar-refractivity contribution in [1.82, 2.24) is 20.1 Å². The molecule has 7 heteroatoms. The van der Waals surface area contributed by atoms with Gasteiger partial charge in [0.1, 0.15) is 11.9 Å². The second-order valence-electron chi connectivity index (χ2n) is 8.05. The molecule has 1 atom stereocenters. The lowest BCUT2D eigenvalue weighted by atomic mass is 10.1. The summed E-state index contributed by atoms with van der Waals surface area (Å²) in [5.74, 6) is 0.792. The van der Waals surface area contributed by atoms with Gasteiger partial charge >= 0.3 is 0 Å². The van der Waals surface area contributed by atoms with Gasteiger partial charge in [0.25, 0.3) is 5.91 Å². The summed E-state index contributed by atoms with van der Waals surface area (Å²) in [6.45, 7) is 5.02. The maximum atomic E-state index is 12.9. The summed E-state index contributed by atoms with van der Waals surface area (Å²) in [4.78, 5) is 36.5. The molecule has 1 aromatic heterocycles. The van der Waals surface area contributed by atoms with E-state index in [0.29, 0.717) is 25.1 Å². The third-order valence-electron chi connectivity index (χ3n) is 5.94. The first kappa shape index (κ1) is 20.3. The first-order valence-electron chi connectivity index (χ1n) is 10.6. The van der Waals surface area contributed by atoms with Gasteiger partial charge < -0.3 is 20.0 Å². The lowest BCUT2D eigenvalue weighted by Crippen LogP contribution is -2.46. The first-order valence-corrected chi connectivity index (χ1v) is 10.6. The molecule has 30 heavy (non-hydrogen) atoms. The molecule has 2 aromatic rings. The van der Waals surface area contributed by atoms with Crippen LogP contribution in [0.15, 0.2) is 48.7 Å². The van der Waals surface area contributed by atoms with Crippen molar-refractivity contribution in [3.63, 3.8) is 0 Å². The Bertz CT molecular complexity index is 880. The van der Waals surface area contributed by atoms with Crippen LogP contribution in [0.5, 0.6) is 0 Å². The van der Waals surface area contributed by atoms with Crippen molar-refractivity contribution >= 4 is 17.6 Å². The number of carbonyl (C=O) groups is 2. The van der Waals surface area contributed by atoms with Gasteiger partial charge in [-0.1, -0.05) is 18.2 Å². The Morgan fingerprint density at radius 2 is 1.83 bits per heavy atom. The summed E-state index contributed by atoms with van der Waals surface area (Å²) in [6.07, 6.45) is 3.35. The highest BCUT2D eigenvalue weighted by Crippen LogP contribution is 2.21. The van der Waals surface area contributed by atoms with Crippen LogP contribution < -0.4 is 10.2 Å². The maximum absolute atomic E-state index is 12.9. The predicted octanol–water partition coefficient (Wildman–Crippen LogP) is 1.75. The molecule has 4 rings (SSSR count). The molecule has 1 N–H and O–H groups in total. The van der Waals surface area contributed by atoms with Gasteiger partial charge in [-0.25, -0.2) is 4.98 Å². The predicted molar refractivity (Wildman–Crippen MR) is 116 cm³/mol. The lowest BCUT2D eigenvalue weighted by Gasteiger charge is -2.33. The number of likely N-dealkylation sites (N-methyl/N-ethyl adjacent to an activating group) is 1. The molecule has 1 aromatic carbocycles. The van der Waals surface area contributed by atoms with E-state index in [1.165, 1.54) is 0 Å². The van der Waals surface area contributed by atoms with Crippen LogP contribution in [0.25, 0.3) is 0 Å². The second kappa shape index (κ2) is 9.26. The Labute approximate surface area is 177 Å². The largest absolute Gasteiger partial charge is 0.354 e. The van der Waals surface area contributed by atoms with Crippen LogP contribution in [0, 0.1) is 0 Å². The van der Waals surface area contributed by atoms with E-state index in [1.54, 1.807) is 23.2 Å². The number of pyridine rings is 1. The van der Waals surface area contributed by atoms with Crippen molar-refractivity contribution in [3.05, 3.63) is 59.8 Å². The molecule has 0 radical (unpaired) electrons. The van der Waals surface area contributed by atoms with Crippen molar-refractivity contribution in [2.24, 2.45) is 0 Å². The van der Waals surface area contributed by atoms with Crippen LogP contribution in [-0.4, -0.2) is 72.4 Å². The van der Waals surface area contributed by atoms with Gasteiger partial charge in [0, 0.05) is 51.0 Å². The van der Waals surface area contributed by atoms with Gasteiger partial charge in [-0.15, -0.1) is 0 Å². The molecule has 2 fully saturated rings. The third-order valence-corrected chi connectivity index (χ3v) is 5.94. The number of anilines is 1. The summed E-state index contributed by atoms with van der Waals surface area (Å²) < 4.78 is 0. The number of rotatable bonds is 5. The molecule has 158 valence electrons. The average Bonchev–Trinajstić information content (AvgIpc) is 3.28. The summed E-state index contributed by atoms with van der Waals surface area (Å²) in [6, 6.07) is 12.7. The van der Waals surface area contributed by atoms with Crippen LogP contribution in [0.3, 0.4) is 0 Å². The summed E-state index contributed by atoms with van der Waals surface area (Å²) in [5.41, 5.74) is 1.65. The highest BCUT2D eigenvalue weighted by Gasteiger charge is 2.34. The van der Waals surface area contributed by atoms with Crippen molar-refractivity contribution < 1.29 is 9.59 Å². The Hall–Kier alpha value is -2.93. The third kappa shape index (κ3) is 4.62. The SMILES string of the molecule is CN1CCN(c2cc(CNC(=O)C3CCCN3C(=O)c3ccccc3)ccn2)CC1. The molecule has 2 aliphatic heterocycles. The number of carbonyl (C=O) groups excluding carboxylic acids is 2. The van der Waals surface area contributed by atoms with Gasteiger partial charge in [0.2, 0.25) is 5.91 Å². The number of benzene rings is 1. The zero-order valence-electron chi connectivity index (χ0n) is 17.5. The maximum Gasteiger partial charge on any atom is 0.254 e. The van der Waals surface area contributed by atoms with Gasteiger partial charge in [0.15, 0.2) is 0 Å². The molecular weight excluding hydrogens is 378 g/mol. The van der Waals surface area contributed by atoms with E-state index in [1.807, 2.05) is 30.3 Å². The van der Waals surface area contributed by atoms with Gasteiger partial charge in [0.05, 0.1) is 0 Å². The number of amides is 2. The molecule has 2 amide bonds. The summed E-state index contributed by atoms with van der Waals surface area (Å²) in [5, 5.41) is 3.03. The van der Waals surface area contributed by atoms with Crippen LogP contribution in [0.4, 0.5) is 5.82 Å². The van der Waals surface area contributed by atoms with Crippen LogP contribution in [0.2, 0.25) is 0 Å². The minimum Gasteiger partial charge on any atom is -0.354 e. The van der Waals surface area contributed by atoms with E-state index in [2.05, 4.69) is 27.1 Å². The summed E-state index contributed by atoms with van der Waals surface area (Å²) in [7, 11) is 2.13. The first-order chi connectivity index (χ1) is 14.6. The molecule has 7 nitrogen and oxygen atoms in total. The van der Waals surface area contributed by atoms with Gasteiger partial charge in [-0.05, 0) is 49.7 Å². The molecule has 0 aliphatic carbocycles. The molecule has 0 spiro atoms. The van der Waals surface area contributed by atoms with E-state index in [9.17, 15) is 9.59 Å². The van der Waals surface area contributed by atoms with E-state index >= 15 is 0 Å². The number of aromatic nitrogens is 1. The Balaban J connectivity index is 1.36. The van der Waals surface area contributed by atoms with Crippen molar-refractivity contribution in [2.45, 2.75) is 25.4 Å². The number of likely N-dealkylation sites (tertiary alicyclic amines) is 1. The zero-order chi connectivity index (χ0) is 20.9. The normalized spacial score (nSPS) is 19.7. The standard InChI is InChI=1S/C23H29N5O2/c1-26-12-14-27(15-13-26)21-16-18(9-10-24-21)17-25-22(29)20-8-5-11-28(20)23(30)19-6-3-2-4-7-19/h2-4,6-7,9-10,16,20H,5,8,11-15,17H2,1H3,(H,25,29). The second-order valence-corrected chi connectivity index (χ2v) is 8.05. The average molecular weight is 408 g/mol. The molecular formula is C23H29N5O2. The fraction of sp³-hybridized carbons (Fsp3) is 0.435.